The van der Waals surface area contributed by atoms with Gasteiger partial charge in [0.05, 0.1) is 18.8 Å². The fourth-order valence-electron chi connectivity index (χ4n) is 2.92. The molecule has 3 atom stereocenters. The highest BCUT2D eigenvalue weighted by molar-refractivity contribution is 5.36. The van der Waals surface area contributed by atoms with Crippen LogP contribution in [-0.2, 0) is 6.42 Å². The number of aliphatic hydroxyl groups is 2. The molecule has 0 fully saturated rings. The molecular weight excluding hydrogens is 250 g/mol. The monoisotopic (exact) mass is 269 g/mol. The number of hydrogen-bond donors (Lipinski definition) is 3. The molecule has 0 radical (unpaired) electrons. The van der Waals surface area contributed by atoms with Gasteiger partial charge in [-0.1, -0.05) is 54.6 Å². The summed E-state index contributed by atoms with van der Waals surface area (Å²) >= 11 is 0. The summed E-state index contributed by atoms with van der Waals surface area (Å²) in [6.45, 7) is 0.0174. The number of fused-ring (bicyclic) bond motifs is 1. The molecule has 0 bridgehead atoms. The predicted molar refractivity (Wildman–Crippen MR) is 78.3 cm³/mol. The van der Waals surface area contributed by atoms with E-state index in [1.807, 2.05) is 48.5 Å². The van der Waals surface area contributed by atoms with Gasteiger partial charge in [0, 0.05) is 6.04 Å². The molecule has 2 aromatic carbocycles. The first-order valence-electron chi connectivity index (χ1n) is 6.97. The maximum Gasteiger partial charge on any atom is 0.0949 e. The van der Waals surface area contributed by atoms with Crippen molar-refractivity contribution in [2.24, 2.45) is 0 Å². The van der Waals surface area contributed by atoms with Gasteiger partial charge in [0.25, 0.3) is 0 Å². The molecule has 0 unspecified atom stereocenters. The van der Waals surface area contributed by atoms with Crippen LogP contribution in [0.1, 0.15) is 28.8 Å². The number of rotatable bonds is 4. The molecule has 0 saturated heterocycles. The van der Waals surface area contributed by atoms with Gasteiger partial charge in [-0.3, -0.25) is 0 Å². The lowest BCUT2D eigenvalue weighted by Crippen LogP contribution is -2.37. The number of hydrogen-bond acceptors (Lipinski definition) is 3. The topological polar surface area (TPSA) is 52.5 Å². The van der Waals surface area contributed by atoms with E-state index >= 15 is 0 Å². The molecule has 0 aliphatic heterocycles. The summed E-state index contributed by atoms with van der Waals surface area (Å²) in [5, 5.41) is 23.4. The van der Waals surface area contributed by atoms with Gasteiger partial charge < -0.3 is 15.5 Å². The summed E-state index contributed by atoms with van der Waals surface area (Å²) in [5.41, 5.74) is 3.22. The summed E-state index contributed by atoms with van der Waals surface area (Å²) < 4.78 is 0. The summed E-state index contributed by atoms with van der Waals surface area (Å²) in [7, 11) is 0. The summed E-state index contributed by atoms with van der Waals surface area (Å²) in [5.74, 6) is 0. The second-order valence-corrected chi connectivity index (χ2v) is 5.27. The van der Waals surface area contributed by atoms with Crippen molar-refractivity contribution in [3.8, 4) is 0 Å². The van der Waals surface area contributed by atoms with Crippen LogP contribution in [0.25, 0.3) is 0 Å². The molecule has 0 heterocycles. The van der Waals surface area contributed by atoms with E-state index in [2.05, 4.69) is 11.4 Å². The van der Waals surface area contributed by atoms with Crippen LogP contribution in [0, 0.1) is 0 Å². The van der Waals surface area contributed by atoms with Crippen molar-refractivity contribution >= 4 is 0 Å². The van der Waals surface area contributed by atoms with Crippen molar-refractivity contribution in [1.82, 2.24) is 5.32 Å². The van der Waals surface area contributed by atoms with E-state index in [1.54, 1.807) is 0 Å². The molecule has 20 heavy (non-hydrogen) atoms. The summed E-state index contributed by atoms with van der Waals surface area (Å²) in [4.78, 5) is 0. The second-order valence-electron chi connectivity index (χ2n) is 5.27. The van der Waals surface area contributed by atoms with Crippen LogP contribution in [0.2, 0.25) is 0 Å². The largest absolute Gasteiger partial charge is 0.394 e. The minimum Gasteiger partial charge on any atom is -0.394 e. The number of benzene rings is 2. The summed E-state index contributed by atoms with van der Waals surface area (Å²) in [6, 6.07) is 17.6. The lowest BCUT2D eigenvalue weighted by atomic mass is 10.0. The molecule has 1 aliphatic carbocycles. The Morgan fingerprint density at radius 3 is 2.45 bits per heavy atom. The fraction of sp³-hybridized carbons (Fsp3) is 0.294. The third-order valence-electron chi connectivity index (χ3n) is 3.99. The maximum atomic E-state index is 10.4. The summed E-state index contributed by atoms with van der Waals surface area (Å²) in [6.07, 6.45) is 0.282. The molecule has 0 spiro atoms. The Bertz CT molecular complexity index is 570. The molecular formula is C17H19NO2. The van der Waals surface area contributed by atoms with Crippen LogP contribution in [-0.4, -0.2) is 22.9 Å². The molecule has 3 heteroatoms. The van der Waals surface area contributed by atoms with Crippen molar-refractivity contribution in [1.29, 1.82) is 0 Å². The lowest BCUT2D eigenvalue weighted by Gasteiger charge is -2.24. The van der Waals surface area contributed by atoms with Gasteiger partial charge in [-0.05, 0) is 23.1 Å². The molecule has 0 aromatic heterocycles. The zero-order chi connectivity index (χ0) is 13.9. The van der Waals surface area contributed by atoms with E-state index in [0.717, 1.165) is 17.5 Å². The average Bonchev–Trinajstić information content (AvgIpc) is 2.82. The average molecular weight is 269 g/mol. The molecule has 0 saturated carbocycles. The third-order valence-corrected chi connectivity index (χ3v) is 3.99. The third kappa shape index (κ3) is 2.48. The number of nitrogens with one attached hydrogen (secondary N) is 1. The molecule has 3 nitrogen and oxygen atoms in total. The Hall–Kier alpha value is -1.68. The molecule has 3 N–H and O–H groups in total. The van der Waals surface area contributed by atoms with Crippen LogP contribution in [0.15, 0.2) is 54.6 Å². The minimum atomic E-state index is -0.510. The van der Waals surface area contributed by atoms with Crippen LogP contribution < -0.4 is 5.32 Å². The van der Waals surface area contributed by atoms with Crippen molar-refractivity contribution in [3.05, 3.63) is 71.3 Å². The van der Waals surface area contributed by atoms with Crippen molar-refractivity contribution in [3.63, 3.8) is 0 Å². The first-order chi connectivity index (χ1) is 9.79. The molecule has 2 aromatic rings. The first kappa shape index (κ1) is 13.3. The van der Waals surface area contributed by atoms with E-state index in [-0.39, 0.29) is 18.7 Å². The van der Waals surface area contributed by atoms with Gasteiger partial charge in [0.15, 0.2) is 0 Å². The van der Waals surface area contributed by atoms with E-state index < -0.39 is 6.10 Å². The Morgan fingerprint density at radius 2 is 1.75 bits per heavy atom. The molecule has 1 aliphatic rings. The molecule has 104 valence electrons. The van der Waals surface area contributed by atoms with Crippen molar-refractivity contribution < 1.29 is 10.2 Å². The Labute approximate surface area is 118 Å². The first-order valence-corrected chi connectivity index (χ1v) is 6.97. The SMILES string of the molecule is OC[C@H](N[C@H]1Cc2ccccc2[C@@H]1O)c1ccccc1. The van der Waals surface area contributed by atoms with Gasteiger partial charge in [-0.25, -0.2) is 0 Å². The highest BCUT2D eigenvalue weighted by Crippen LogP contribution is 2.32. The van der Waals surface area contributed by atoms with Crippen molar-refractivity contribution in [2.45, 2.75) is 24.6 Å². The predicted octanol–water partition coefficient (Wildman–Crippen LogP) is 1.97. The van der Waals surface area contributed by atoms with E-state index in [0.29, 0.717) is 0 Å². The van der Waals surface area contributed by atoms with Crippen molar-refractivity contribution in [2.75, 3.05) is 6.61 Å². The van der Waals surface area contributed by atoms with E-state index in [4.69, 9.17) is 0 Å². The van der Waals surface area contributed by atoms with Gasteiger partial charge >= 0.3 is 0 Å². The quantitative estimate of drug-likeness (QED) is 0.795. The highest BCUT2D eigenvalue weighted by atomic mass is 16.3. The Balaban J connectivity index is 1.76. The lowest BCUT2D eigenvalue weighted by molar-refractivity contribution is 0.124. The van der Waals surface area contributed by atoms with Crippen LogP contribution >= 0.6 is 0 Å². The maximum absolute atomic E-state index is 10.4. The minimum absolute atomic E-state index is 0.0174. The Morgan fingerprint density at radius 1 is 1.05 bits per heavy atom. The van der Waals surface area contributed by atoms with Crippen LogP contribution in [0.4, 0.5) is 0 Å². The van der Waals surface area contributed by atoms with Gasteiger partial charge in [-0.15, -0.1) is 0 Å². The molecule has 0 amide bonds. The Kier molecular flexibility index (Phi) is 3.83. The normalized spacial score (nSPS) is 22.5. The molecule has 3 rings (SSSR count). The van der Waals surface area contributed by atoms with Gasteiger partial charge in [0.2, 0.25) is 0 Å². The second kappa shape index (κ2) is 5.75. The van der Waals surface area contributed by atoms with E-state index in [9.17, 15) is 10.2 Å². The van der Waals surface area contributed by atoms with Gasteiger partial charge in [0.1, 0.15) is 0 Å². The van der Waals surface area contributed by atoms with Crippen LogP contribution in [0.3, 0.4) is 0 Å². The standard InChI is InChI=1S/C17H19NO2/c19-11-16(12-6-2-1-3-7-12)18-15-10-13-8-4-5-9-14(13)17(15)20/h1-9,15-20H,10-11H2/t15-,16-,17-/m0/s1. The smallest absolute Gasteiger partial charge is 0.0949 e. The van der Waals surface area contributed by atoms with E-state index in [1.165, 1.54) is 5.56 Å². The number of aliphatic hydroxyl groups excluding tert-OH is 2. The fourth-order valence-corrected chi connectivity index (χ4v) is 2.92. The highest BCUT2D eigenvalue weighted by Gasteiger charge is 2.32. The zero-order valence-electron chi connectivity index (χ0n) is 11.2. The van der Waals surface area contributed by atoms with Crippen LogP contribution in [0.5, 0.6) is 0 Å². The van der Waals surface area contributed by atoms with Gasteiger partial charge in [-0.2, -0.15) is 0 Å². The zero-order valence-corrected chi connectivity index (χ0v) is 11.2.